The Bertz CT molecular complexity index is 73.4. The van der Waals surface area contributed by atoms with Crippen molar-refractivity contribution in [2.75, 3.05) is 20.6 Å². The second-order valence-electron chi connectivity index (χ2n) is 3.71. The second kappa shape index (κ2) is 19.5. The molecule has 0 fully saturated rings. The Morgan fingerprint density at radius 2 is 1.13 bits per heavy atom. The van der Waals surface area contributed by atoms with Gasteiger partial charge in [0.2, 0.25) is 0 Å². The lowest BCUT2D eigenvalue weighted by Crippen LogP contribution is -2.21. The molecule has 0 unspecified atom stereocenters. The molecule has 0 amide bonds. The summed E-state index contributed by atoms with van der Waals surface area (Å²) in [5, 5.41) is 0. The monoisotopic (exact) mass is 217 g/mol. The molecule has 0 atom stereocenters. The minimum absolute atomic E-state index is 0.931. The van der Waals surface area contributed by atoms with Crippen LogP contribution in [0.15, 0.2) is 0 Å². The van der Waals surface area contributed by atoms with Crippen molar-refractivity contribution in [2.45, 2.75) is 67.2 Å². The molecular weight excluding hydrogens is 182 g/mol. The molecule has 0 aromatic carbocycles. The fraction of sp³-hybridized carbons (Fsp3) is 1.00. The fourth-order valence-electron chi connectivity index (χ4n) is 1.66. The average molecular weight is 217 g/mol. The van der Waals surface area contributed by atoms with Gasteiger partial charge in [0.05, 0.1) is 0 Å². The van der Waals surface area contributed by atoms with Crippen molar-refractivity contribution >= 4 is 0 Å². The molecule has 0 rings (SSSR count). The van der Waals surface area contributed by atoms with Crippen LogP contribution >= 0.6 is 0 Å². The first-order valence-corrected chi connectivity index (χ1v) is 6.85. The van der Waals surface area contributed by atoms with Crippen LogP contribution in [0, 0.1) is 5.92 Å². The predicted octanol–water partition coefficient (Wildman–Crippen LogP) is 4.82. The molecule has 15 heavy (non-hydrogen) atoms. The molecule has 96 valence electrons. The molecular formula is C14H35N. The van der Waals surface area contributed by atoms with E-state index in [4.69, 9.17) is 0 Å². The first-order chi connectivity index (χ1) is 7.20. The van der Waals surface area contributed by atoms with Crippen molar-refractivity contribution in [3.63, 3.8) is 0 Å². The summed E-state index contributed by atoms with van der Waals surface area (Å²) in [6.45, 7) is 13.8. The minimum Gasteiger partial charge on any atom is -0.309 e. The van der Waals surface area contributed by atoms with Gasteiger partial charge in [-0.1, -0.05) is 54.4 Å². The summed E-state index contributed by atoms with van der Waals surface area (Å²) in [6.07, 6.45) is 5.45. The quantitative estimate of drug-likeness (QED) is 0.617. The van der Waals surface area contributed by atoms with E-state index in [2.05, 4.69) is 32.8 Å². The van der Waals surface area contributed by atoms with E-state index >= 15 is 0 Å². The van der Waals surface area contributed by atoms with Crippen LogP contribution in [0.25, 0.3) is 0 Å². The molecule has 0 aliphatic rings. The standard InChI is InChI=1S/C10H23N.2C2H6/c1-5-7-10(8-6-2)9-11(3)4;2*1-2/h10H,5-9H2,1-4H3;2*1-2H3. The van der Waals surface area contributed by atoms with E-state index in [0.29, 0.717) is 0 Å². The van der Waals surface area contributed by atoms with E-state index in [1.165, 1.54) is 32.2 Å². The molecule has 0 N–H and O–H groups in total. The molecule has 0 saturated heterocycles. The van der Waals surface area contributed by atoms with Crippen LogP contribution in [-0.2, 0) is 0 Å². The van der Waals surface area contributed by atoms with E-state index < -0.39 is 0 Å². The van der Waals surface area contributed by atoms with Crippen molar-refractivity contribution < 1.29 is 0 Å². The maximum atomic E-state index is 2.30. The van der Waals surface area contributed by atoms with E-state index in [0.717, 1.165) is 5.92 Å². The molecule has 0 spiro atoms. The second-order valence-corrected chi connectivity index (χ2v) is 3.71. The highest BCUT2D eigenvalue weighted by molar-refractivity contribution is 4.60. The summed E-state index contributed by atoms with van der Waals surface area (Å²) in [5.74, 6) is 0.931. The topological polar surface area (TPSA) is 3.24 Å². The Morgan fingerprint density at radius 1 is 0.800 bits per heavy atom. The van der Waals surface area contributed by atoms with Gasteiger partial charge in [-0.15, -0.1) is 0 Å². The van der Waals surface area contributed by atoms with Crippen LogP contribution in [0.3, 0.4) is 0 Å². The number of hydrogen-bond donors (Lipinski definition) is 0. The van der Waals surface area contributed by atoms with Gasteiger partial charge in [-0.2, -0.15) is 0 Å². The van der Waals surface area contributed by atoms with E-state index in [1.807, 2.05) is 27.7 Å². The molecule has 0 radical (unpaired) electrons. The molecule has 0 heterocycles. The lowest BCUT2D eigenvalue weighted by Gasteiger charge is -2.19. The van der Waals surface area contributed by atoms with Gasteiger partial charge in [0.25, 0.3) is 0 Å². The fourth-order valence-corrected chi connectivity index (χ4v) is 1.66. The summed E-state index contributed by atoms with van der Waals surface area (Å²) < 4.78 is 0. The van der Waals surface area contributed by atoms with Gasteiger partial charge in [-0.05, 0) is 32.9 Å². The smallest absolute Gasteiger partial charge is 0.000355 e. The Balaban J connectivity index is -0.000000318. The first kappa shape index (κ1) is 20.4. The Labute approximate surface area is 99.3 Å². The molecule has 0 aliphatic heterocycles. The zero-order valence-electron chi connectivity index (χ0n) is 12.6. The van der Waals surface area contributed by atoms with Crippen LogP contribution in [0.4, 0.5) is 0 Å². The minimum atomic E-state index is 0.931. The van der Waals surface area contributed by atoms with Crippen molar-refractivity contribution in [1.82, 2.24) is 4.90 Å². The van der Waals surface area contributed by atoms with Gasteiger partial charge in [0, 0.05) is 6.54 Å². The van der Waals surface area contributed by atoms with E-state index in [9.17, 15) is 0 Å². The summed E-state index contributed by atoms with van der Waals surface area (Å²) in [4.78, 5) is 2.30. The largest absolute Gasteiger partial charge is 0.309 e. The maximum Gasteiger partial charge on any atom is 0.000355 e. The van der Waals surface area contributed by atoms with Gasteiger partial charge in [0.1, 0.15) is 0 Å². The lowest BCUT2D eigenvalue weighted by atomic mass is 9.98. The van der Waals surface area contributed by atoms with Gasteiger partial charge in [0.15, 0.2) is 0 Å². The zero-order valence-corrected chi connectivity index (χ0v) is 12.6. The van der Waals surface area contributed by atoms with Gasteiger partial charge in [-0.25, -0.2) is 0 Å². The molecule has 0 saturated carbocycles. The zero-order chi connectivity index (χ0) is 12.7. The third-order valence-electron chi connectivity index (χ3n) is 2.02. The molecule has 0 aromatic heterocycles. The molecule has 0 aromatic rings. The Hall–Kier alpha value is -0.0400. The van der Waals surface area contributed by atoms with Gasteiger partial charge in [-0.3, -0.25) is 0 Å². The highest BCUT2D eigenvalue weighted by Gasteiger charge is 2.06. The number of hydrogen-bond acceptors (Lipinski definition) is 1. The van der Waals surface area contributed by atoms with Crippen LogP contribution in [0.1, 0.15) is 67.2 Å². The predicted molar refractivity (Wildman–Crippen MR) is 74.6 cm³/mol. The van der Waals surface area contributed by atoms with Crippen molar-refractivity contribution in [1.29, 1.82) is 0 Å². The highest BCUT2D eigenvalue weighted by atomic mass is 15.1. The maximum absolute atomic E-state index is 2.30. The summed E-state index contributed by atoms with van der Waals surface area (Å²) in [5.41, 5.74) is 0. The third kappa shape index (κ3) is 20.1. The van der Waals surface area contributed by atoms with E-state index in [-0.39, 0.29) is 0 Å². The molecule has 1 nitrogen and oxygen atoms in total. The third-order valence-corrected chi connectivity index (χ3v) is 2.02. The molecule has 1 heteroatoms. The van der Waals surface area contributed by atoms with Crippen molar-refractivity contribution in [3.8, 4) is 0 Å². The normalized spacial score (nSPS) is 9.20. The van der Waals surface area contributed by atoms with Crippen molar-refractivity contribution in [2.24, 2.45) is 5.92 Å². The van der Waals surface area contributed by atoms with Gasteiger partial charge < -0.3 is 4.90 Å². The van der Waals surface area contributed by atoms with Crippen LogP contribution in [-0.4, -0.2) is 25.5 Å². The van der Waals surface area contributed by atoms with Crippen molar-refractivity contribution in [3.05, 3.63) is 0 Å². The first-order valence-electron chi connectivity index (χ1n) is 6.85. The highest BCUT2D eigenvalue weighted by Crippen LogP contribution is 2.13. The SMILES string of the molecule is CC.CC.CCCC(CCC)CN(C)C. The Morgan fingerprint density at radius 3 is 1.33 bits per heavy atom. The number of rotatable bonds is 6. The summed E-state index contributed by atoms with van der Waals surface area (Å²) in [7, 11) is 4.33. The van der Waals surface area contributed by atoms with Crippen LogP contribution in [0.2, 0.25) is 0 Å². The average Bonchev–Trinajstić information content (AvgIpc) is 2.24. The molecule has 0 aliphatic carbocycles. The van der Waals surface area contributed by atoms with Crippen LogP contribution in [0.5, 0.6) is 0 Å². The Kier molecular flexibility index (Phi) is 26.5. The van der Waals surface area contributed by atoms with E-state index in [1.54, 1.807) is 0 Å². The molecule has 0 bridgehead atoms. The summed E-state index contributed by atoms with van der Waals surface area (Å²) in [6, 6.07) is 0. The van der Waals surface area contributed by atoms with Gasteiger partial charge >= 0.3 is 0 Å². The van der Waals surface area contributed by atoms with Crippen LogP contribution < -0.4 is 0 Å². The lowest BCUT2D eigenvalue weighted by molar-refractivity contribution is 0.296. The summed E-state index contributed by atoms with van der Waals surface area (Å²) >= 11 is 0. The number of nitrogens with zero attached hydrogens (tertiary/aromatic N) is 1.